The van der Waals surface area contributed by atoms with Gasteiger partial charge in [-0.15, -0.1) is 21.5 Å². The van der Waals surface area contributed by atoms with Crippen LogP contribution >= 0.6 is 46.3 Å². The number of ether oxygens (including phenoxy) is 1. The monoisotopic (exact) mass is 547 g/mol. The summed E-state index contributed by atoms with van der Waals surface area (Å²) in [7, 11) is 1.56. The molecule has 0 radical (unpaired) electrons. The van der Waals surface area contributed by atoms with Crippen LogP contribution in [-0.2, 0) is 11.3 Å². The number of methoxy groups -OCH3 is 1. The van der Waals surface area contributed by atoms with Crippen molar-refractivity contribution in [3.05, 3.63) is 81.4 Å². The fraction of sp³-hybridized carbons (Fsp3) is 0.130. The predicted molar refractivity (Wildman–Crippen MR) is 139 cm³/mol. The highest BCUT2D eigenvalue weighted by Gasteiger charge is 2.18. The minimum Gasteiger partial charge on any atom is -0.497 e. The number of thiophene rings is 1. The van der Waals surface area contributed by atoms with E-state index in [1.54, 1.807) is 54.1 Å². The Balaban J connectivity index is 1.52. The van der Waals surface area contributed by atoms with Crippen LogP contribution in [-0.4, -0.2) is 39.4 Å². The number of nitrogens with one attached hydrogen (secondary N) is 2. The zero-order valence-corrected chi connectivity index (χ0v) is 21.5. The minimum absolute atomic E-state index is 0.0973. The van der Waals surface area contributed by atoms with Gasteiger partial charge in [0.2, 0.25) is 5.91 Å². The smallest absolute Gasteiger partial charge is 0.251 e. The van der Waals surface area contributed by atoms with Crippen molar-refractivity contribution in [3.8, 4) is 11.4 Å². The van der Waals surface area contributed by atoms with Gasteiger partial charge >= 0.3 is 0 Å². The maximum absolute atomic E-state index is 12.6. The van der Waals surface area contributed by atoms with Gasteiger partial charge in [-0.1, -0.05) is 35.0 Å². The Hall–Kier alpha value is -3.05. The third-order valence-corrected chi connectivity index (χ3v) is 7.19. The van der Waals surface area contributed by atoms with E-state index in [2.05, 4.69) is 20.8 Å². The highest BCUT2D eigenvalue weighted by Crippen LogP contribution is 2.28. The number of benzene rings is 2. The third kappa shape index (κ3) is 6.34. The van der Waals surface area contributed by atoms with E-state index < -0.39 is 0 Å². The zero-order valence-electron chi connectivity index (χ0n) is 18.3. The van der Waals surface area contributed by atoms with Gasteiger partial charge in [0, 0.05) is 5.56 Å². The number of halogens is 2. The lowest BCUT2D eigenvalue weighted by Gasteiger charge is -2.12. The van der Waals surface area contributed by atoms with E-state index in [4.69, 9.17) is 27.9 Å². The second-order valence-electron chi connectivity index (χ2n) is 7.06. The van der Waals surface area contributed by atoms with Gasteiger partial charge in [-0.05, 0) is 60.0 Å². The Morgan fingerprint density at radius 1 is 1.09 bits per heavy atom. The molecule has 2 heterocycles. The molecule has 8 nitrogen and oxygen atoms in total. The van der Waals surface area contributed by atoms with Crippen molar-refractivity contribution < 1.29 is 14.3 Å². The van der Waals surface area contributed by atoms with E-state index in [-0.39, 0.29) is 24.1 Å². The Bertz CT molecular complexity index is 1330. The lowest BCUT2D eigenvalue weighted by molar-refractivity contribution is -0.113. The molecule has 4 rings (SSSR count). The summed E-state index contributed by atoms with van der Waals surface area (Å²) in [5.74, 6) is 0.795. The van der Waals surface area contributed by atoms with E-state index >= 15 is 0 Å². The highest BCUT2D eigenvalue weighted by atomic mass is 35.5. The van der Waals surface area contributed by atoms with Gasteiger partial charge < -0.3 is 15.4 Å². The average Bonchev–Trinajstić information content (AvgIpc) is 3.53. The summed E-state index contributed by atoms with van der Waals surface area (Å²) in [4.78, 5) is 25.0. The van der Waals surface area contributed by atoms with Gasteiger partial charge in [-0.3, -0.25) is 14.2 Å². The standard InChI is InChI=1S/C23H19Cl2N5O3S2/c1-33-16-7-4-14(5-8-16)22(32)26-12-19-28-29-23(30(19)15-6-9-17(24)18(25)11-15)35-13-20(31)27-21-3-2-10-34-21/h2-11H,12-13H2,1H3,(H,26,32)(H,27,31). The van der Waals surface area contributed by atoms with Crippen LogP contribution in [0, 0.1) is 0 Å². The summed E-state index contributed by atoms with van der Waals surface area (Å²) < 4.78 is 6.86. The minimum atomic E-state index is -0.277. The Kier molecular flexibility index (Phi) is 8.29. The van der Waals surface area contributed by atoms with Crippen LogP contribution in [0.1, 0.15) is 16.2 Å². The number of rotatable bonds is 9. The SMILES string of the molecule is COc1ccc(C(=O)NCc2nnc(SCC(=O)Nc3cccs3)n2-c2ccc(Cl)c(Cl)c2)cc1. The van der Waals surface area contributed by atoms with Crippen LogP contribution in [0.5, 0.6) is 5.75 Å². The molecule has 0 spiro atoms. The number of amides is 2. The summed E-state index contributed by atoms with van der Waals surface area (Å²) in [6, 6.07) is 15.6. The summed E-state index contributed by atoms with van der Waals surface area (Å²) in [5, 5.41) is 18.1. The molecule has 0 aliphatic rings. The van der Waals surface area contributed by atoms with Gasteiger partial charge in [0.25, 0.3) is 5.91 Å². The van der Waals surface area contributed by atoms with Crippen molar-refractivity contribution in [2.45, 2.75) is 11.7 Å². The number of carbonyl (C=O) groups is 2. The number of hydrogen-bond acceptors (Lipinski definition) is 7. The van der Waals surface area contributed by atoms with E-state index in [1.165, 1.54) is 23.1 Å². The third-order valence-electron chi connectivity index (χ3n) is 4.74. The topological polar surface area (TPSA) is 98.1 Å². The molecule has 2 aromatic heterocycles. The highest BCUT2D eigenvalue weighted by molar-refractivity contribution is 7.99. The van der Waals surface area contributed by atoms with Crippen molar-refractivity contribution in [1.29, 1.82) is 0 Å². The first-order valence-corrected chi connectivity index (χ1v) is 12.8. The summed E-state index contributed by atoms with van der Waals surface area (Å²) in [6.07, 6.45) is 0. The Morgan fingerprint density at radius 3 is 2.57 bits per heavy atom. The average molecular weight is 548 g/mol. The maximum atomic E-state index is 12.6. The molecule has 180 valence electrons. The van der Waals surface area contributed by atoms with E-state index in [0.29, 0.717) is 38.0 Å². The summed E-state index contributed by atoms with van der Waals surface area (Å²) in [6.45, 7) is 0.0973. The molecule has 0 bridgehead atoms. The first kappa shape index (κ1) is 25.1. The number of carbonyl (C=O) groups excluding carboxylic acids is 2. The van der Waals surface area contributed by atoms with Crippen molar-refractivity contribution in [2.75, 3.05) is 18.2 Å². The first-order chi connectivity index (χ1) is 16.9. The number of aromatic nitrogens is 3. The van der Waals surface area contributed by atoms with Gasteiger partial charge in [0.05, 0.1) is 40.1 Å². The lowest BCUT2D eigenvalue weighted by atomic mass is 10.2. The van der Waals surface area contributed by atoms with E-state index in [1.807, 2.05) is 17.5 Å². The molecule has 0 saturated heterocycles. The van der Waals surface area contributed by atoms with Gasteiger partial charge in [0.1, 0.15) is 5.75 Å². The molecule has 0 atom stereocenters. The van der Waals surface area contributed by atoms with Crippen molar-refractivity contribution >= 4 is 63.1 Å². The van der Waals surface area contributed by atoms with E-state index in [9.17, 15) is 9.59 Å². The molecule has 2 amide bonds. The van der Waals surface area contributed by atoms with Crippen molar-refractivity contribution in [1.82, 2.24) is 20.1 Å². The quantitative estimate of drug-likeness (QED) is 0.276. The van der Waals surface area contributed by atoms with Crippen molar-refractivity contribution in [2.24, 2.45) is 0 Å². The molecule has 0 aliphatic carbocycles. The second kappa shape index (κ2) is 11.6. The molecule has 0 saturated carbocycles. The van der Waals surface area contributed by atoms with E-state index in [0.717, 1.165) is 5.00 Å². The molecule has 0 aliphatic heterocycles. The molecule has 2 aromatic carbocycles. The molecule has 35 heavy (non-hydrogen) atoms. The summed E-state index contributed by atoms with van der Waals surface area (Å²) >= 11 is 15.0. The second-order valence-corrected chi connectivity index (χ2v) is 9.76. The number of nitrogens with zero attached hydrogens (tertiary/aromatic N) is 3. The maximum Gasteiger partial charge on any atom is 0.251 e. The van der Waals surface area contributed by atoms with Crippen LogP contribution < -0.4 is 15.4 Å². The van der Waals surface area contributed by atoms with Crippen LogP contribution in [0.25, 0.3) is 5.69 Å². The van der Waals surface area contributed by atoms with Crippen LogP contribution in [0.15, 0.2) is 65.1 Å². The molecule has 2 N–H and O–H groups in total. The first-order valence-electron chi connectivity index (χ1n) is 10.2. The largest absolute Gasteiger partial charge is 0.497 e. The lowest BCUT2D eigenvalue weighted by Crippen LogP contribution is -2.24. The van der Waals surface area contributed by atoms with Crippen LogP contribution in [0.3, 0.4) is 0 Å². The number of hydrogen-bond donors (Lipinski definition) is 2. The molecular weight excluding hydrogens is 529 g/mol. The molecule has 4 aromatic rings. The van der Waals surface area contributed by atoms with Crippen LogP contribution in [0.2, 0.25) is 10.0 Å². The van der Waals surface area contributed by atoms with Crippen LogP contribution in [0.4, 0.5) is 5.00 Å². The molecule has 12 heteroatoms. The van der Waals surface area contributed by atoms with Gasteiger partial charge in [-0.25, -0.2) is 0 Å². The Morgan fingerprint density at radius 2 is 1.89 bits per heavy atom. The number of anilines is 1. The van der Waals surface area contributed by atoms with Gasteiger partial charge in [0.15, 0.2) is 11.0 Å². The van der Waals surface area contributed by atoms with Crippen molar-refractivity contribution in [3.63, 3.8) is 0 Å². The predicted octanol–water partition coefficient (Wildman–Crippen LogP) is 5.31. The normalized spacial score (nSPS) is 10.7. The molecular formula is C23H19Cl2N5O3S2. The fourth-order valence-electron chi connectivity index (χ4n) is 3.05. The Labute approximate surface area is 219 Å². The fourth-order valence-corrected chi connectivity index (χ4v) is 4.75. The zero-order chi connectivity index (χ0) is 24.8. The van der Waals surface area contributed by atoms with Gasteiger partial charge in [-0.2, -0.15) is 0 Å². The summed E-state index contributed by atoms with van der Waals surface area (Å²) in [5.41, 5.74) is 1.13. The molecule has 0 fully saturated rings. The molecule has 0 unspecified atom stereocenters. The number of thioether (sulfide) groups is 1.